The van der Waals surface area contributed by atoms with Crippen LogP contribution < -0.4 is 5.73 Å². The number of rotatable bonds is 2. The van der Waals surface area contributed by atoms with Crippen molar-refractivity contribution in [3.05, 3.63) is 12.3 Å². The van der Waals surface area contributed by atoms with Crippen LogP contribution in [0.5, 0.6) is 0 Å². The van der Waals surface area contributed by atoms with Crippen molar-refractivity contribution in [2.75, 3.05) is 5.73 Å². The zero-order chi connectivity index (χ0) is 10.2. The molecule has 2 rings (SSSR count). The van der Waals surface area contributed by atoms with E-state index in [1.54, 1.807) is 12.3 Å². The first-order chi connectivity index (χ1) is 6.58. The first-order valence-electron chi connectivity index (χ1n) is 4.75. The third kappa shape index (κ3) is 1.71. The first kappa shape index (κ1) is 9.43. The van der Waals surface area contributed by atoms with Crippen molar-refractivity contribution in [1.29, 1.82) is 0 Å². The summed E-state index contributed by atoms with van der Waals surface area (Å²) in [4.78, 5) is 0. The lowest BCUT2D eigenvalue weighted by atomic mass is 10.1. The van der Waals surface area contributed by atoms with E-state index < -0.39 is 11.8 Å². The van der Waals surface area contributed by atoms with Crippen LogP contribution in [0.3, 0.4) is 0 Å². The molecule has 0 aliphatic heterocycles. The van der Waals surface area contributed by atoms with Crippen LogP contribution in [0.2, 0.25) is 0 Å². The SMILES string of the molecule is Nc1ccn(CC2CCCC2(F)F)n1. The van der Waals surface area contributed by atoms with Gasteiger partial charge in [-0.25, -0.2) is 8.78 Å². The highest BCUT2D eigenvalue weighted by molar-refractivity contribution is 5.23. The van der Waals surface area contributed by atoms with Crippen molar-refractivity contribution in [3.8, 4) is 0 Å². The predicted octanol–water partition coefficient (Wildman–Crippen LogP) is 1.90. The van der Waals surface area contributed by atoms with E-state index in [0.717, 1.165) is 0 Å². The molecular weight excluding hydrogens is 188 g/mol. The van der Waals surface area contributed by atoms with Gasteiger partial charge in [0.05, 0.1) is 0 Å². The largest absolute Gasteiger partial charge is 0.382 e. The lowest BCUT2D eigenvalue weighted by Crippen LogP contribution is -2.26. The fraction of sp³-hybridized carbons (Fsp3) is 0.667. The molecule has 0 spiro atoms. The number of nitrogens with zero attached hydrogens (tertiary/aromatic N) is 2. The van der Waals surface area contributed by atoms with E-state index in [9.17, 15) is 8.78 Å². The Morgan fingerprint density at radius 3 is 2.93 bits per heavy atom. The Bertz CT molecular complexity index is 322. The molecule has 1 aliphatic carbocycles. The maximum absolute atomic E-state index is 13.2. The topological polar surface area (TPSA) is 43.8 Å². The van der Waals surface area contributed by atoms with Gasteiger partial charge >= 0.3 is 0 Å². The summed E-state index contributed by atoms with van der Waals surface area (Å²) in [6.45, 7) is 0.268. The quantitative estimate of drug-likeness (QED) is 0.794. The Kier molecular flexibility index (Phi) is 2.17. The molecule has 2 N–H and O–H groups in total. The van der Waals surface area contributed by atoms with Crippen molar-refractivity contribution >= 4 is 5.82 Å². The van der Waals surface area contributed by atoms with Gasteiger partial charge < -0.3 is 5.73 Å². The molecule has 1 unspecified atom stereocenters. The summed E-state index contributed by atoms with van der Waals surface area (Å²) in [6, 6.07) is 1.62. The van der Waals surface area contributed by atoms with Crippen molar-refractivity contribution in [1.82, 2.24) is 9.78 Å². The van der Waals surface area contributed by atoms with E-state index in [2.05, 4.69) is 5.10 Å². The van der Waals surface area contributed by atoms with Gasteiger partial charge in [0.15, 0.2) is 0 Å². The third-order valence-electron chi connectivity index (χ3n) is 2.73. The Balaban J connectivity index is 2.04. The second-order valence-corrected chi connectivity index (χ2v) is 3.81. The summed E-state index contributed by atoms with van der Waals surface area (Å²) in [5, 5.41) is 3.90. The number of nitrogens with two attached hydrogens (primary N) is 1. The van der Waals surface area contributed by atoms with E-state index in [4.69, 9.17) is 5.73 Å². The van der Waals surface area contributed by atoms with Crippen LogP contribution in [0.4, 0.5) is 14.6 Å². The van der Waals surface area contributed by atoms with Crippen LogP contribution in [0, 0.1) is 5.92 Å². The maximum Gasteiger partial charge on any atom is 0.252 e. The molecule has 1 fully saturated rings. The Labute approximate surface area is 80.9 Å². The van der Waals surface area contributed by atoms with Crippen LogP contribution >= 0.6 is 0 Å². The van der Waals surface area contributed by atoms with Gasteiger partial charge in [-0.1, -0.05) is 0 Å². The molecule has 5 heteroatoms. The van der Waals surface area contributed by atoms with Crippen LogP contribution in [-0.4, -0.2) is 15.7 Å². The summed E-state index contributed by atoms with van der Waals surface area (Å²) in [7, 11) is 0. The number of anilines is 1. The van der Waals surface area contributed by atoms with E-state index in [1.165, 1.54) is 4.68 Å². The van der Waals surface area contributed by atoms with E-state index in [1.807, 2.05) is 0 Å². The molecule has 0 amide bonds. The molecule has 0 bridgehead atoms. The highest BCUT2D eigenvalue weighted by atomic mass is 19.3. The Hall–Kier alpha value is -1.13. The van der Waals surface area contributed by atoms with E-state index in [0.29, 0.717) is 18.7 Å². The fourth-order valence-electron chi connectivity index (χ4n) is 1.93. The van der Waals surface area contributed by atoms with Crippen molar-refractivity contribution in [2.45, 2.75) is 31.7 Å². The molecule has 1 aromatic heterocycles. The summed E-state index contributed by atoms with van der Waals surface area (Å²) < 4.78 is 28.0. The molecule has 3 nitrogen and oxygen atoms in total. The second kappa shape index (κ2) is 3.22. The zero-order valence-corrected chi connectivity index (χ0v) is 7.79. The number of nitrogen functional groups attached to an aromatic ring is 1. The van der Waals surface area contributed by atoms with Crippen LogP contribution in [0.25, 0.3) is 0 Å². The van der Waals surface area contributed by atoms with Crippen molar-refractivity contribution < 1.29 is 8.78 Å². The van der Waals surface area contributed by atoms with Gasteiger partial charge in [-0.15, -0.1) is 0 Å². The fourth-order valence-corrected chi connectivity index (χ4v) is 1.93. The number of hydrogen-bond donors (Lipinski definition) is 1. The van der Waals surface area contributed by atoms with Gasteiger partial charge in [-0.05, 0) is 18.9 Å². The normalized spacial score (nSPS) is 25.4. The van der Waals surface area contributed by atoms with E-state index >= 15 is 0 Å². The number of hydrogen-bond acceptors (Lipinski definition) is 2. The van der Waals surface area contributed by atoms with Crippen LogP contribution in [0.1, 0.15) is 19.3 Å². The standard InChI is InChI=1S/C9H13F2N3/c10-9(11)4-1-2-7(9)6-14-5-3-8(12)13-14/h3,5,7H,1-2,4,6H2,(H2,12,13). The van der Waals surface area contributed by atoms with Gasteiger partial charge in [-0.3, -0.25) is 4.68 Å². The molecule has 1 heterocycles. The van der Waals surface area contributed by atoms with Gasteiger partial charge in [0.25, 0.3) is 5.92 Å². The average molecular weight is 201 g/mol. The zero-order valence-electron chi connectivity index (χ0n) is 7.79. The molecular formula is C9H13F2N3. The summed E-state index contributed by atoms with van der Waals surface area (Å²) in [6.07, 6.45) is 2.83. The minimum atomic E-state index is -2.53. The summed E-state index contributed by atoms with van der Waals surface area (Å²) in [5.74, 6) is -2.73. The van der Waals surface area contributed by atoms with Crippen LogP contribution in [0.15, 0.2) is 12.3 Å². The van der Waals surface area contributed by atoms with Gasteiger partial charge in [-0.2, -0.15) is 5.10 Å². The van der Waals surface area contributed by atoms with Crippen molar-refractivity contribution in [2.24, 2.45) is 5.92 Å². The van der Waals surface area contributed by atoms with Crippen molar-refractivity contribution in [3.63, 3.8) is 0 Å². The van der Waals surface area contributed by atoms with E-state index in [-0.39, 0.29) is 13.0 Å². The highest BCUT2D eigenvalue weighted by Gasteiger charge is 2.43. The monoisotopic (exact) mass is 201 g/mol. The Morgan fingerprint density at radius 2 is 2.43 bits per heavy atom. The maximum atomic E-state index is 13.2. The minimum Gasteiger partial charge on any atom is -0.382 e. The summed E-state index contributed by atoms with van der Waals surface area (Å²) in [5.41, 5.74) is 5.40. The molecule has 1 aliphatic rings. The summed E-state index contributed by atoms with van der Waals surface area (Å²) >= 11 is 0. The van der Waals surface area contributed by atoms with Gasteiger partial charge in [0, 0.05) is 25.1 Å². The smallest absolute Gasteiger partial charge is 0.252 e. The van der Waals surface area contributed by atoms with Gasteiger partial charge in [0.2, 0.25) is 0 Å². The molecule has 14 heavy (non-hydrogen) atoms. The number of aromatic nitrogens is 2. The molecule has 0 radical (unpaired) electrons. The number of alkyl halides is 2. The highest BCUT2D eigenvalue weighted by Crippen LogP contribution is 2.40. The lowest BCUT2D eigenvalue weighted by Gasteiger charge is -2.18. The third-order valence-corrected chi connectivity index (χ3v) is 2.73. The molecule has 0 aromatic carbocycles. The molecule has 1 saturated carbocycles. The predicted molar refractivity (Wildman–Crippen MR) is 48.9 cm³/mol. The first-order valence-corrected chi connectivity index (χ1v) is 4.75. The molecule has 0 saturated heterocycles. The molecule has 1 aromatic rings. The Morgan fingerprint density at radius 1 is 1.64 bits per heavy atom. The second-order valence-electron chi connectivity index (χ2n) is 3.81. The minimum absolute atomic E-state index is 0.00835. The number of halogens is 2. The van der Waals surface area contributed by atoms with Crippen LogP contribution in [-0.2, 0) is 6.54 Å². The average Bonchev–Trinajstić information content (AvgIpc) is 2.61. The lowest BCUT2D eigenvalue weighted by molar-refractivity contribution is -0.0432. The molecule has 1 atom stereocenters. The molecule has 78 valence electrons. The van der Waals surface area contributed by atoms with Gasteiger partial charge in [0.1, 0.15) is 5.82 Å².